The zero-order valence-corrected chi connectivity index (χ0v) is 11.9. The van der Waals surface area contributed by atoms with Crippen molar-refractivity contribution in [3.05, 3.63) is 23.8 Å². The maximum atomic E-state index is 12.0. The Balaban J connectivity index is 3.05. The third kappa shape index (κ3) is 3.72. The zero-order chi connectivity index (χ0) is 14.4. The average molecular weight is 260 g/mol. The predicted octanol–water partition coefficient (Wildman–Crippen LogP) is 3.09. The SMILES string of the molecule is COc1ccc(C(C)C)cc1N(C)C(=O)CCC#N. The van der Waals surface area contributed by atoms with Crippen LogP contribution in [0.1, 0.15) is 38.2 Å². The minimum atomic E-state index is -0.0826. The highest BCUT2D eigenvalue weighted by atomic mass is 16.5. The molecule has 0 radical (unpaired) electrons. The summed E-state index contributed by atoms with van der Waals surface area (Å²) in [4.78, 5) is 13.5. The highest BCUT2D eigenvalue weighted by molar-refractivity contribution is 5.94. The summed E-state index contributed by atoms with van der Waals surface area (Å²) in [5.74, 6) is 0.963. The van der Waals surface area contributed by atoms with Crippen molar-refractivity contribution in [1.29, 1.82) is 5.26 Å². The van der Waals surface area contributed by atoms with Gasteiger partial charge in [0.15, 0.2) is 0 Å². The lowest BCUT2D eigenvalue weighted by Gasteiger charge is -2.21. The summed E-state index contributed by atoms with van der Waals surface area (Å²) in [5.41, 5.74) is 1.90. The third-order valence-electron chi connectivity index (χ3n) is 3.06. The lowest BCUT2D eigenvalue weighted by atomic mass is 10.0. The Morgan fingerprint density at radius 2 is 2.16 bits per heavy atom. The number of carbonyl (C=O) groups excluding carboxylic acids is 1. The van der Waals surface area contributed by atoms with Crippen LogP contribution in [0.25, 0.3) is 0 Å². The fourth-order valence-corrected chi connectivity index (χ4v) is 1.79. The van der Waals surface area contributed by atoms with Crippen LogP contribution in [-0.4, -0.2) is 20.1 Å². The van der Waals surface area contributed by atoms with E-state index in [2.05, 4.69) is 13.8 Å². The van der Waals surface area contributed by atoms with E-state index in [1.165, 1.54) is 0 Å². The molecule has 0 saturated heterocycles. The number of carbonyl (C=O) groups is 1. The molecule has 1 aromatic rings. The molecule has 0 aliphatic heterocycles. The van der Waals surface area contributed by atoms with Crippen LogP contribution in [0.5, 0.6) is 5.75 Å². The topological polar surface area (TPSA) is 53.3 Å². The molecule has 0 fully saturated rings. The Labute approximate surface area is 114 Å². The quantitative estimate of drug-likeness (QED) is 0.817. The van der Waals surface area contributed by atoms with Crippen molar-refractivity contribution in [3.63, 3.8) is 0 Å². The number of amides is 1. The number of ether oxygens (including phenoxy) is 1. The molecule has 0 spiro atoms. The molecule has 1 amide bonds. The van der Waals surface area contributed by atoms with Gasteiger partial charge in [0.25, 0.3) is 0 Å². The number of nitrogens with zero attached hydrogens (tertiary/aromatic N) is 2. The largest absolute Gasteiger partial charge is 0.495 e. The van der Waals surface area contributed by atoms with Gasteiger partial charge in [-0.25, -0.2) is 0 Å². The summed E-state index contributed by atoms with van der Waals surface area (Å²) >= 11 is 0. The first kappa shape index (κ1) is 15.0. The standard InChI is InChI=1S/C15H20N2O2/c1-11(2)12-7-8-14(19-4)13(10-12)17(3)15(18)6-5-9-16/h7-8,10-11H,5-6H2,1-4H3. The zero-order valence-electron chi connectivity index (χ0n) is 11.9. The van der Waals surface area contributed by atoms with E-state index < -0.39 is 0 Å². The maximum absolute atomic E-state index is 12.0. The smallest absolute Gasteiger partial charge is 0.227 e. The van der Waals surface area contributed by atoms with Crippen LogP contribution in [0.4, 0.5) is 5.69 Å². The van der Waals surface area contributed by atoms with Gasteiger partial charge >= 0.3 is 0 Å². The van der Waals surface area contributed by atoms with Gasteiger partial charge in [-0.2, -0.15) is 5.26 Å². The summed E-state index contributed by atoms with van der Waals surface area (Å²) < 4.78 is 5.30. The van der Waals surface area contributed by atoms with Crippen molar-refractivity contribution in [3.8, 4) is 11.8 Å². The molecule has 0 aliphatic carbocycles. The minimum Gasteiger partial charge on any atom is -0.495 e. The van der Waals surface area contributed by atoms with Gasteiger partial charge in [-0.05, 0) is 23.6 Å². The van der Waals surface area contributed by atoms with Crippen LogP contribution in [0.3, 0.4) is 0 Å². The van der Waals surface area contributed by atoms with Crippen LogP contribution in [0.15, 0.2) is 18.2 Å². The Morgan fingerprint density at radius 3 is 2.68 bits per heavy atom. The van der Waals surface area contributed by atoms with Gasteiger partial charge < -0.3 is 9.64 Å². The van der Waals surface area contributed by atoms with Crippen LogP contribution >= 0.6 is 0 Å². The minimum absolute atomic E-state index is 0.0826. The van der Waals surface area contributed by atoms with Gasteiger partial charge in [0.2, 0.25) is 5.91 Å². The lowest BCUT2D eigenvalue weighted by Crippen LogP contribution is -2.26. The molecule has 102 valence electrons. The number of methoxy groups -OCH3 is 1. The maximum Gasteiger partial charge on any atom is 0.227 e. The second-order valence-electron chi connectivity index (χ2n) is 4.70. The molecule has 4 nitrogen and oxygen atoms in total. The van der Waals surface area contributed by atoms with Crippen LogP contribution < -0.4 is 9.64 Å². The van der Waals surface area contributed by atoms with E-state index in [-0.39, 0.29) is 18.7 Å². The molecule has 0 unspecified atom stereocenters. The van der Waals surface area contributed by atoms with Gasteiger partial charge in [0.05, 0.1) is 18.9 Å². The Morgan fingerprint density at radius 1 is 1.47 bits per heavy atom. The number of anilines is 1. The molecule has 0 atom stereocenters. The van der Waals surface area contributed by atoms with Gasteiger partial charge in [-0.3, -0.25) is 4.79 Å². The monoisotopic (exact) mass is 260 g/mol. The molecule has 4 heteroatoms. The van der Waals surface area contributed by atoms with E-state index in [0.29, 0.717) is 11.7 Å². The van der Waals surface area contributed by atoms with E-state index in [0.717, 1.165) is 11.3 Å². The number of benzene rings is 1. The first-order valence-electron chi connectivity index (χ1n) is 6.32. The molecular formula is C15H20N2O2. The molecule has 0 bridgehead atoms. The average Bonchev–Trinajstić information content (AvgIpc) is 2.42. The number of hydrogen-bond acceptors (Lipinski definition) is 3. The summed E-state index contributed by atoms with van der Waals surface area (Å²) in [6.07, 6.45) is 0.456. The Hall–Kier alpha value is -2.02. The van der Waals surface area contributed by atoms with E-state index in [1.54, 1.807) is 19.1 Å². The van der Waals surface area contributed by atoms with Crippen molar-refractivity contribution >= 4 is 11.6 Å². The number of nitriles is 1. The summed E-state index contributed by atoms with van der Waals surface area (Å²) in [7, 11) is 3.29. The molecule has 0 heterocycles. The van der Waals surface area contributed by atoms with Gasteiger partial charge in [-0.1, -0.05) is 19.9 Å². The second-order valence-corrected chi connectivity index (χ2v) is 4.70. The molecule has 0 N–H and O–H groups in total. The molecule has 0 aliphatic rings. The fourth-order valence-electron chi connectivity index (χ4n) is 1.79. The normalized spacial score (nSPS) is 10.1. The third-order valence-corrected chi connectivity index (χ3v) is 3.06. The van der Waals surface area contributed by atoms with Crippen molar-refractivity contribution in [1.82, 2.24) is 0 Å². The highest BCUT2D eigenvalue weighted by Gasteiger charge is 2.16. The Kier molecular flexibility index (Phi) is 5.37. The van der Waals surface area contributed by atoms with Crippen molar-refractivity contribution < 1.29 is 9.53 Å². The first-order chi connectivity index (χ1) is 9.01. The van der Waals surface area contributed by atoms with Gasteiger partial charge in [0.1, 0.15) is 5.75 Å². The van der Waals surface area contributed by atoms with Crippen molar-refractivity contribution in [2.24, 2.45) is 0 Å². The van der Waals surface area contributed by atoms with Crippen molar-refractivity contribution in [2.75, 3.05) is 19.1 Å². The highest BCUT2D eigenvalue weighted by Crippen LogP contribution is 2.31. The molecule has 19 heavy (non-hydrogen) atoms. The fraction of sp³-hybridized carbons (Fsp3) is 0.467. The summed E-state index contributed by atoms with van der Waals surface area (Å²) in [5, 5.41) is 8.54. The van der Waals surface area contributed by atoms with Crippen LogP contribution in [-0.2, 0) is 4.79 Å². The van der Waals surface area contributed by atoms with Gasteiger partial charge in [-0.15, -0.1) is 0 Å². The summed E-state index contributed by atoms with van der Waals surface area (Å²) in [6.45, 7) is 4.20. The van der Waals surface area contributed by atoms with E-state index >= 15 is 0 Å². The molecule has 0 aromatic heterocycles. The van der Waals surface area contributed by atoms with E-state index in [1.807, 2.05) is 24.3 Å². The van der Waals surface area contributed by atoms with Gasteiger partial charge in [0, 0.05) is 19.9 Å². The van der Waals surface area contributed by atoms with E-state index in [9.17, 15) is 4.79 Å². The van der Waals surface area contributed by atoms with Crippen molar-refractivity contribution in [2.45, 2.75) is 32.6 Å². The first-order valence-corrected chi connectivity index (χ1v) is 6.32. The van der Waals surface area contributed by atoms with Crippen LogP contribution in [0.2, 0.25) is 0 Å². The second kappa shape index (κ2) is 6.79. The van der Waals surface area contributed by atoms with Crippen LogP contribution in [0, 0.1) is 11.3 Å². The molecular weight excluding hydrogens is 240 g/mol. The Bertz CT molecular complexity index is 489. The molecule has 0 saturated carbocycles. The number of rotatable bonds is 5. The number of hydrogen-bond donors (Lipinski definition) is 0. The summed E-state index contributed by atoms with van der Waals surface area (Å²) in [6, 6.07) is 7.82. The molecule has 1 rings (SSSR count). The van der Waals surface area contributed by atoms with E-state index in [4.69, 9.17) is 10.00 Å². The predicted molar refractivity (Wildman–Crippen MR) is 75.3 cm³/mol. The molecule has 1 aromatic carbocycles. The lowest BCUT2D eigenvalue weighted by molar-refractivity contribution is -0.118.